The third kappa shape index (κ3) is 5.69. The summed E-state index contributed by atoms with van der Waals surface area (Å²) < 4.78 is 6.18. The third-order valence-corrected chi connectivity index (χ3v) is 5.34. The highest BCUT2D eigenvalue weighted by molar-refractivity contribution is 5.76. The topological polar surface area (TPSA) is 82.4 Å². The first kappa shape index (κ1) is 21.6. The van der Waals surface area contributed by atoms with Crippen molar-refractivity contribution in [3.63, 3.8) is 0 Å². The van der Waals surface area contributed by atoms with E-state index in [9.17, 15) is 4.79 Å². The second-order valence-electron chi connectivity index (χ2n) is 7.90. The summed E-state index contributed by atoms with van der Waals surface area (Å²) in [5.41, 5.74) is 1.15. The summed E-state index contributed by atoms with van der Waals surface area (Å²) in [5.74, 6) is 2.78. The van der Waals surface area contributed by atoms with E-state index in [2.05, 4.69) is 27.9 Å². The van der Waals surface area contributed by atoms with Crippen LogP contribution in [0.15, 0.2) is 36.5 Å². The maximum atomic E-state index is 11.3. The summed E-state index contributed by atoms with van der Waals surface area (Å²) in [6.07, 6.45) is 3.78. The van der Waals surface area contributed by atoms with Gasteiger partial charge in [-0.3, -0.25) is 0 Å². The molecule has 0 bridgehead atoms. The van der Waals surface area contributed by atoms with Crippen LogP contribution < -0.4 is 14.5 Å². The average molecular weight is 408 g/mol. The van der Waals surface area contributed by atoms with E-state index in [0.29, 0.717) is 25.3 Å². The lowest BCUT2D eigenvalue weighted by Crippen LogP contribution is -2.26. The molecule has 1 aromatic heterocycles. The fourth-order valence-corrected chi connectivity index (χ4v) is 3.67. The number of hydrogen-bond donors (Lipinski definition) is 0. The number of nitrogens with zero attached hydrogens (tertiary/aromatic N) is 5. The van der Waals surface area contributed by atoms with Crippen molar-refractivity contribution in [3.8, 4) is 11.8 Å². The number of carbonyl (C=O) groups excluding carboxylic acids is 1. The van der Waals surface area contributed by atoms with Crippen molar-refractivity contribution < 1.29 is 9.53 Å². The Balaban J connectivity index is 1.57. The lowest BCUT2D eigenvalue weighted by atomic mass is 9.96. The molecular formula is C23H29N5O2. The number of nitriles is 1. The molecule has 7 nitrogen and oxygen atoms in total. The number of aromatic nitrogens is 2. The minimum absolute atomic E-state index is 0.0974. The van der Waals surface area contributed by atoms with Crippen molar-refractivity contribution in [2.45, 2.75) is 45.1 Å². The molecule has 2 aromatic rings. The molecule has 1 aliphatic rings. The molecule has 2 heterocycles. The number of hydrogen-bond acceptors (Lipinski definition) is 7. The monoisotopic (exact) mass is 407 g/mol. The van der Waals surface area contributed by atoms with Gasteiger partial charge in [-0.1, -0.05) is 19.1 Å². The smallest absolute Gasteiger partial charge is 0.227 e. The van der Waals surface area contributed by atoms with E-state index in [1.807, 2.05) is 42.3 Å². The van der Waals surface area contributed by atoms with Crippen LogP contribution >= 0.6 is 0 Å². The van der Waals surface area contributed by atoms with E-state index >= 15 is 0 Å². The van der Waals surface area contributed by atoms with Crippen molar-refractivity contribution in [2.75, 3.05) is 36.5 Å². The summed E-state index contributed by atoms with van der Waals surface area (Å²) in [5, 5.41) is 8.76. The molecule has 1 fully saturated rings. The molecule has 0 aliphatic carbocycles. The first-order valence-electron chi connectivity index (χ1n) is 10.4. The highest BCUT2D eigenvalue weighted by Gasteiger charge is 2.25. The second-order valence-corrected chi connectivity index (χ2v) is 7.90. The van der Waals surface area contributed by atoms with Gasteiger partial charge in [0.1, 0.15) is 23.5 Å². The Labute approximate surface area is 178 Å². The van der Waals surface area contributed by atoms with Crippen LogP contribution in [0.2, 0.25) is 0 Å². The highest BCUT2D eigenvalue weighted by Crippen LogP contribution is 2.26. The molecule has 30 heavy (non-hydrogen) atoms. The Bertz CT molecular complexity index is 893. The molecule has 0 amide bonds. The van der Waals surface area contributed by atoms with Crippen LogP contribution in [0.4, 0.5) is 11.8 Å². The largest absolute Gasteiger partial charge is 0.489 e. The highest BCUT2D eigenvalue weighted by atomic mass is 16.5. The zero-order valence-corrected chi connectivity index (χ0v) is 17.9. The van der Waals surface area contributed by atoms with Crippen LogP contribution in [0.3, 0.4) is 0 Å². The van der Waals surface area contributed by atoms with Gasteiger partial charge >= 0.3 is 0 Å². The summed E-state index contributed by atoms with van der Waals surface area (Å²) in [7, 11) is 1.90. The Kier molecular flexibility index (Phi) is 7.23. The standard InChI is InChI=1S/C23H29N5O2/c1-17(15-18(2)29)19-5-7-20(8-6-19)30-21-10-14-28(16-21)22-9-12-25-23(26-22)27(3)13-4-11-24/h5-9,12,17,21H,4,10,13-16H2,1-3H3/t17-,21-/m1/s1. The number of anilines is 2. The van der Waals surface area contributed by atoms with Gasteiger partial charge < -0.3 is 19.3 Å². The summed E-state index contributed by atoms with van der Waals surface area (Å²) in [6, 6.07) is 12.1. The molecule has 2 atom stereocenters. The Hall–Kier alpha value is -3.14. The van der Waals surface area contributed by atoms with Crippen molar-refractivity contribution in [1.29, 1.82) is 5.26 Å². The van der Waals surface area contributed by atoms with E-state index in [4.69, 9.17) is 10.00 Å². The first-order valence-corrected chi connectivity index (χ1v) is 10.4. The quantitative estimate of drug-likeness (QED) is 0.628. The van der Waals surface area contributed by atoms with E-state index in [-0.39, 0.29) is 17.8 Å². The number of benzene rings is 1. The van der Waals surface area contributed by atoms with Gasteiger partial charge in [-0.05, 0) is 36.6 Å². The Morgan fingerprint density at radius 1 is 1.37 bits per heavy atom. The van der Waals surface area contributed by atoms with Crippen LogP contribution in [0.25, 0.3) is 0 Å². The molecule has 0 spiro atoms. The maximum Gasteiger partial charge on any atom is 0.227 e. The Morgan fingerprint density at radius 3 is 2.83 bits per heavy atom. The van der Waals surface area contributed by atoms with E-state index in [0.717, 1.165) is 36.6 Å². The van der Waals surface area contributed by atoms with Crippen LogP contribution in [0.1, 0.15) is 44.6 Å². The minimum Gasteiger partial charge on any atom is -0.489 e. The fourth-order valence-electron chi connectivity index (χ4n) is 3.67. The molecular weight excluding hydrogens is 378 g/mol. The van der Waals surface area contributed by atoms with Crippen LogP contribution in [-0.2, 0) is 4.79 Å². The molecule has 0 saturated carbocycles. The minimum atomic E-state index is 0.0974. The zero-order valence-electron chi connectivity index (χ0n) is 17.9. The molecule has 0 unspecified atom stereocenters. The van der Waals surface area contributed by atoms with Crippen LogP contribution in [0.5, 0.6) is 5.75 Å². The lowest BCUT2D eigenvalue weighted by molar-refractivity contribution is -0.117. The molecule has 158 valence electrons. The molecule has 3 rings (SSSR count). The zero-order chi connectivity index (χ0) is 21.5. The SMILES string of the molecule is CC(=O)C[C@@H](C)c1ccc(O[C@@H]2CCN(c3ccnc(N(C)CCC#N)n3)C2)cc1. The molecule has 0 radical (unpaired) electrons. The predicted molar refractivity (Wildman–Crippen MR) is 117 cm³/mol. The molecule has 7 heteroatoms. The van der Waals surface area contributed by atoms with Gasteiger partial charge in [0.05, 0.1) is 19.0 Å². The molecule has 1 aliphatic heterocycles. The van der Waals surface area contributed by atoms with Gasteiger partial charge in [0.15, 0.2) is 0 Å². The van der Waals surface area contributed by atoms with Crippen molar-refractivity contribution in [1.82, 2.24) is 9.97 Å². The molecule has 0 N–H and O–H groups in total. The summed E-state index contributed by atoms with van der Waals surface area (Å²) in [6.45, 7) is 5.94. The molecule has 1 saturated heterocycles. The number of rotatable bonds is 9. The second kappa shape index (κ2) is 10.1. The molecule has 1 aromatic carbocycles. The van der Waals surface area contributed by atoms with Crippen molar-refractivity contribution >= 4 is 17.5 Å². The van der Waals surface area contributed by atoms with Crippen LogP contribution in [0, 0.1) is 11.3 Å². The van der Waals surface area contributed by atoms with Gasteiger partial charge in [0.25, 0.3) is 0 Å². The first-order chi connectivity index (χ1) is 14.5. The van der Waals surface area contributed by atoms with Crippen molar-refractivity contribution in [3.05, 3.63) is 42.1 Å². The maximum absolute atomic E-state index is 11.3. The van der Waals surface area contributed by atoms with Crippen LogP contribution in [-0.4, -0.2) is 48.5 Å². The number of carbonyl (C=O) groups is 1. The lowest BCUT2D eigenvalue weighted by Gasteiger charge is -2.21. The average Bonchev–Trinajstić information content (AvgIpc) is 3.20. The predicted octanol–water partition coefficient (Wildman–Crippen LogP) is 3.57. The van der Waals surface area contributed by atoms with E-state index in [1.165, 1.54) is 0 Å². The van der Waals surface area contributed by atoms with Gasteiger partial charge in [-0.25, -0.2) is 4.98 Å². The van der Waals surface area contributed by atoms with E-state index in [1.54, 1.807) is 13.1 Å². The van der Waals surface area contributed by atoms with Gasteiger partial charge in [0, 0.05) is 39.2 Å². The Morgan fingerprint density at radius 2 is 2.13 bits per heavy atom. The normalized spacial score (nSPS) is 16.7. The third-order valence-electron chi connectivity index (χ3n) is 5.34. The van der Waals surface area contributed by atoms with E-state index < -0.39 is 0 Å². The number of ether oxygens (including phenoxy) is 1. The fraction of sp³-hybridized carbons (Fsp3) is 0.478. The summed E-state index contributed by atoms with van der Waals surface area (Å²) >= 11 is 0. The van der Waals surface area contributed by atoms with Gasteiger partial charge in [-0.2, -0.15) is 10.2 Å². The van der Waals surface area contributed by atoms with Gasteiger partial charge in [-0.15, -0.1) is 0 Å². The number of Topliss-reactive ketones (excluding diaryl/α,β-unsaturated/α-hetero) is 1. The summed E-state index contributed by atoms with van der Waals surface area (Å²) in [4.78, 5) is 24.4. The van der Waals surface area contributed by atoms with Gasteiger partial charge in [0.2, 0.25) is 5.95 Å². The number of ketones is 1. The van der Waals surface area contributed by atoms with Crippen molar-refractivity contribution in [2.24, 2.45) is 0 Å².